The number of aromatic nitrogens is 4. The minimum Gasteiger partial charge on any atom is -0.481 e. The molecule has 0 radical (unpaired) electrons. The number of hydrogen-bond donors (Lipinski definition) is 2. The Labute approximate surface area is 140 Å². The van der Waals surface area contributed by atoms with Gasteiger partial charge in [0.15, 0.2) is 5.69 Å². The predicted octanol–water partition coefficient (Wildman–Crippen LogP) is 1.41. The van der Waals surface area contributed by atoms with Crippen LogP contribution >= 0.6 is 0 Å². The molecule has 2 N–H and O–H groups in total. The van der Waals surface area contributed by atoms with Crippen LogP contribution in [0.1, 0.15) is 53.0 Å². The van der Waals surface area contributed by atoms with Gasteiger partial charge in [0, 0.05) is 19.0 Å². The molecule has 1 amide bonds. The lowest BCUT2D eigenvalue weighted by molar-refractivity contribution is -0.00697. The monoisotopic (exact) mass is 333 g/mol. The van der Waals surface area contributed by atoms with Crippen LogP contribution < -0.4 is 10.1 Å². The van der Waals surface area contributed by atoms with Crippen LogP contribution in [-0.4, -0.2) is 39.1 Å². The molecule has 2 aromatic rings. The minimum absolute atomic E-state index is 0.0670. The van der Waals surface area contributed by atoms with Gasteiger partial charge in [-0.25, -0.2) is 4.68 Å². The molecule has 0 spiro atoms. The van der Waals surface area contributed by atoms with Crippen LogP contribution in [0.3, 0.4) is 0 Å². The Bertz CT molecular complexity index is 764. The van der Waals surface area contributed by atoms with Crippen LogP contribution in [0.4, 0.5) is 0 Å². The summed E-state index contributed by atoms with van der Waals surface area (Å²) in [7, 11) is 3.40. The van der Waals surface area contributed by atoms with E-state index in [0.29, 0.717) is 24.5 Å². The van der Waals surface area contributed by atoms with E-state index in [9.17, 15) is 4.79 Å². The molecule has 0 saturated heterocycles. The number of nitrogens with one attached hydrogen (secondary N) is 2. The van der Waals surface area contributed by atoms with Crippen molar-refractivity contribution in [3.05, 3.63) is 28.2 Å². The summed E-state index contributed by atoms with van der Waals surface area (Å²) in [4.78, 5) is 12.6. The van der Waals surface area contributed by atoms with Gasteiger partial charge in [-0.3, -0.25) is 9.89 Å². The van der Waals surface area contributed by atoms with Gasteiger partial charge in [-0.1, -0.05) is 0 Å². The summed E-state index contributed by atoms with van der Waals surface area (Å²) in [5.74, 6) is 0.437. The maximum atomic E-state index is 12.6. The summed E-state index contributed by atoms with van der Waals surface area (Å²) in [5, 5.41) is 14.4. The van der Waals surface area contributed by atoms with Gasteiger partial charge < -0.3 is 14.8 Å². The Morgan fingerprint density at radius 2 is 2.25 bits per heavy atom. The van der Waals surface area contributed by atoms with Gasteiger partial charge in [-0.2, -0.15) is 10.2 Å². The van der Waals surface area contributed by atoms with Crippen molar-refractivity contribution in [2.24, 2.45) is 7.05 Å². The topological polar surface area (TPSA) is 94.1 Å². The van der Waals surface area contributed by atoms with Crippen molar-refractivity contribution >= 4 is 5.91 Å². The number of methoxy groups -OCH3 is 1. The summed E-state index contributed by atoms with van der Waals surface area (Å²) in [6.07, 6.45) is 0.657. The minimum atomic E-state index is -0.209. The molecule has 0 fully saturated rings. The highest BCUT2D eigenvalue weighted by Gasteiger charge is 2.29. The van der Waals surface area contributed by atoms with E-state index in [4.69, 9.17) is 9.47 Å². The third-order valence-corrected chi connectivity index (χ3v) is 4.36. The molecular weight excluding hydrogens is 310 g/mol. The fourth-order valence-electron chi connectivity index (χ4n) is 3.25. The van der Waals surface area contributed by atoms with E-state index in [2.05, 4.69) is 20.6 Å². The Morgan fingerprint density at radius 1 is 1.50 bits per heavy atom. The van der Waals surface area contributed by atoms with Gasteiger partial charge in [0.05, 0.1) is 42.8 Å². The average Bonchev–Trinajstić information content (AvgIpc) is 3.05. The lowest BCUT2D eigenvalue weighted by Gasteiger charge is -2.25. The number of H-pyrrole nitrogens is 1. The van der Waals surface area contributed by atoms with Crippen LogP contribution in [0, 0.1) is 6.92 Å². The molecule has 3 heterocycles. The summed E-state index contributed by atoms with van der Waals surface area (Å²) in [6, 6.07) is 0. The zero-order chi connectivity index (χ0) is 17.4. The third kappa shape index (κ3) is 2.77. The second-order valence-electron chi connectivity index (χ2n) is 6.14. The Balaban J connectivity index is 1.78. The molecule has 0 unspecified atom stereocenters. The van der Waals surface area contributed by atoms with Crippen molar-refractivity contribution in [1.29, 1.82) is 0 Å². The largest absolute Gasteiger partial charge is 0.481 e. The summed E-state index contributed by atoms with van der Waals surface area (Å²) in [6.45, 7) is 6.18. The molecule has 24 heavy (non-hydrogen) atoms. The molecular formula is C16H23N5O3. The molecule has 130 valence electrons. The van der Waals surface area contributed by atoms with E-state index in [1.807, 2.05) is 27.8 Å². The van der Waals surface area contributed by atoms with Gasteiger partial charge >= 0.3 is 0 Å². The van der Waals surface area contributed by atoms with Crippen LogP contribution in [-0.2, 0) is 24.8 Å². The van der Waals surface area contributed by atoms with Crippen molar-refractivity contribution in [3.63, 3.8) is 0 Å². The number of amides is 1. The first kappa shape index (κ1) is 16.5. The van der Waals surface area contributed by atoms with Crippen molar-refractivity contribution in [2.45, 2.75) is 45.9 Å². The van der Waals surface area contributed by atoms with E-state index in [1.54, 1.807) is 11.8 Å². The fraction of sp³-hybridized carbons (Fsp3) is 0.562. The number of ether oxygens (including phenoxy) is 2. The van der Waals surface area contributed by atoms with Crippen LogP contribution in [0.15, 0.2) is 0 Å². The number of nitrogens with zero attached hydrogens (tertiary/aromatic N) is 3. The van der Waals surface area contributed by atoms with Gasteiger partial charge in [0.1, 0.15) is 0 Å². The van der Waals surface area contributed by atoms with Crippen LogP contribution in [0.2, 0.25) is 0 Å². The second-order valence-corrected chi connectivity index (χ2v) is 6.14. The first-order chi connectivity index (χ1) is 11.4. The van der Waals surface area contributed by atoms with E-state index in [-0.39, 0.29) is 18.1 Å². The van der Waals surface area contributed by atoms with E-state index in [0.717, 1.165) is 22.5 Å². The molecule has 0 aromatic carbocycles. The normalized spacial score (nSPS) is 19.9. The molecule has 0 aliphatic carbocycles. The number of carbonyl (C=O) groups is 1. The standard InChI is InChI=1S/C16H23N5O3/c1-8-6-11-13(10(3)24-8)18-19-14(11)15(22)17-7-12-9(2)20-21(4)16(12)23-5/h8,10H,6-7H2,1-5H3,(H,17,22)(H,18,19)/t8-,10+/m0/s1. The van der Waals surface area contributed by atoms with E-state index in [1.165, 1.54) is 0 Å². The molecule has 8 nitrogen and oxygen atoms in total. The first-order valence-corrected chi connectivity index (χ1v) is 7.99. The highest BCUT2D eigenvalue weighted by atomic mass is 16.5. The number of hydrogen-bond acceptors (Lipinski definition) is 5. The van der Waals surface area contributed by atoms with Crippen LogP contribution in [0.25, 0.3) is 0 Å². The molecule has 2 atom stereocenters. The predicted molar refractivity (Wildman–Crippen MR) is 86.9 cm³/mol. The highest BCUT2D eigenvalue weighted by molar-refractivity contribution is 5.94. The van der Waals surface area contributed by atoms with Crippen molar-refractivity contribution in [2.75, 3.05) is 7.11 Å². The quantitative estimate of drug-likeness (QED) is 0.882. The molecule has 0 saturated carbocycles. The maximum absolute atomic E-state index is 12.6. The lowest BCUT2D eigenvalue weighted by atomic mass is 9.99. The summed E-state index contributed by atoms with van der Waals surface area (Å²) >= 11 is 0. The second kappa shape index (κ2) is 6.27. The van der Waals surface area contributed by atoms with Crippen molar-refractivity contribution in [1.82, 2.24) is 25.3 Å². The first-order valence-electron chi connectivity index (χ1n) is 7.99. The summed E-state index contributed by atoms with van der Waals surface area (Å²) < 4.78 is 12.8. The van der Waals surface area contributed by atoms with E-state index >= 15 is 0 Å². The number of aryl methyl sites for hydroxylation is 2. The van der Waals surface area contributed by atoms with Gasteiger partial charge in [-0.05, 0) is 20.8 Å². The molecule has 1 aliphatic rings. The highest BCUT2D eigenvalue weighted by Crippen LogP contribution is 2.30. The Hall–Kier alpha value is -2.35. The van der Waals surface area contributed by atoms with Gasteiger partial charge in [0.25, 0.3) is 5.91 Å². The number of fused-ring (bicyclic) bond motifs is 1. The molecule has 2 aromatic heterocycles. The van der Waals surface area contributed by atoms with Gasteiger partial charge in [-0.15, -0.1) is 0 Å². The summed E-state index contributed by atoms with van der Waals surface area (Å²) in [5.41, 5.74) is 3.95. The van der Waals surface area contributed by atoms with Crippen LogP contribution in [0.5, 0.6) is 5.88 Å². The van der Waals surface area contributed by atoms with Gasteiger partial charge in [0.2, 0.25) is 5.88 Å². The smallest absolute Gasteiger partial charge is 0.272 e. The zero-order valence-electron chi connectivity index (χ0n) is 14.6. The Kier molecular flexibility index (Phi) is 4.31. The van der Waals surface area contributed by atoms with E-state index < -0.39 is 0 Å². The molecule has 1 aliphatic heterocycles. The fourth-order valence-corrected chi connectivity index (χ4v) is 3.25. The maximum Gasteiger partial charge on any atom is 0.272 e. The zero-order valence-corrected chi connectivity index (χ0v) is 14.6. The third-order valence-electron chi connectivity index (χ3n) is 4.36. The molecule has 0 bridgehead atoms. The molecule has 3 rings (SSSR count). The molecule has 8 heteroatoms. The van der Waals surface area contributed by atoms with Crippen molar-refractivity contribution < 1.29 is 14.3 Å². The Morgan fingerprint density at radius 3 is 2.96 bits per heavy atom. The number of aromatic amines is 1. The average molecular weight is 333 g/mol. The number of carbonyl (C=O) groups excluding carboxylic acids is 1. The number of rotatable bonds is 4. The lowest BCUT2D eigenvalue weighted by Crippen LogP contribution is -2.27. The SMILES string of the molecule is COc1c(CNC(=O)c2n[nH]c3c2C[C@H](C)O[C@@H]3C)c(C)nn1C. The van der Waals surface area contributed by atoms with Crippen molar-refractivity contribution in [3.8, 4) is 5.88 Å².